The summed E-state index contributed by atoms with van der Waals surface area (Å²) in [7, 11) is 0. The van der Waals surface area contributed by atoms with Crippen LogP contribution in [0.15, 0.2) is 54.7 Å². The van der Waals surface area contributed by atoms with E-state index in [0.29, 0.717) is 44.0 Å². The number of hydrogen-bond acceptors (Lipinski definition) is 7. The fraction of sp³-hybridized carbons (Fsp3) is 0.300. The zero-order valence-corrected chi connectivity index (χ0v) is 23.4. The van der Waals surface area contributed by atoms with Crippen molar-refractivity contribution in [3.05, 3.63) is 65.2 Å². The van der Waals surface area contributed by atoms with Gasteiger partial charge in [-0.1, -0.05) is 12.1 Å². The minimum Gasteiger partial charge on any atom is -0.487 e. The first kappa shape index (κ1) is 26.1. The van der Waals surface area contributed by atoms with Crippen LogP contribution in [0.1, 0.15) is 41.9 Å². The van der Waals surface area contributed by atoms with Crippen molar-refractivity contribution in [3.63, 3.8) is 0 Å². The number of thiophene rings is 1. The molecule has 3 amide bonds. The van der Waals surface area contributed by atoms with Gasteiger partial charge in [0.1, 0.15) is 15.5 Å². The molecule has 0 aliphatic carbocycles. The molecule has 4 aromatic rings. The zero-order valence-electron chi connectivity index (χ0n) is 22.6. The summed E-state index contributed by atoms with van der Waals surface area (Å²) in [6.45, 7) is 7.58. The maximum Gasteiger partial charge on any atom is 0.331 e. The molecular weight excluding hydrogens is 526 g/mol. The Hall–Kier alpha value is -4.15. The molecule has 6 rings (SSSR count). The molecule has 1 unspecified atom stereocenters. The fourth-order valence-electron chi connectivity index (χ4n) is 5.16. The van der Waals surface area contributed by atoms with Gasteiger partial charge in [-0.25, -0.2) is 9.78 Å². The van der Waals surface area contributed by atoms with Crippen LogP contribution in [0, 0.1) is 6.92 Å². The number of nitrogens with zero attached hydrogens (tertiary/aromatic N) is 2. The van der Waals surface area contributed by atoms with Gasteiger partial charge in [0.2, 0.25) is 0 Å². The summed E-state index contributed by atoms with van der Waals surface area (Å²) in [6, 6.07) is 14.7. The van der Waals surface area contributed by atoms with Crippen LogP contribution in [-0.2, 0) is 0 Å². The van der Waals surface area contributed by atoms with Crippen molar-refractivity contribution in [3.8, 4) is 17.2 Å². The van der Waals surface area contributed by atoms with Crippen molar-refractivity contribution in [2.75, 3.05) is 23.3 Å². The highest BCUT2D eigenvalue weighted by Gasteiger charge is 2.33. The van der Waals surface area contributed by atoms with E-state index in [0.717, 1.165) is 36.9 Å². The Morgan fingerprint density at radius 1 is 1.15 bits per heavy atom. The van der Waals surface area contributed by atoms with Gasteiger partial charge in [0.25, 0.3) is 5.91 Å². The van der Waals surface area contributed by atoms with Gasteiger partial charge >= 0.3 is 6.03 Å². The summed E-state index contributed by atoms with van der Waals surface area (Å²) in [6.07, 6.45) is 3.64. The molecule has 0 saturated carbocycles. The summed E-state index contributed by atoms with van der Waals surface area (Å²) in [5.41, 5.74) is 2.76. The first-order valence-corrected chi connectivity index (χ1v) is 14.3. The third-order valence-electron chi connectivity index (χ3n) is 6.93. The van der Waals surface area contributed by atoms with Gasteiger partial charge in [-0.2, -0.15) is 0 Å². The Morgan fingerprint density at radius 2 is 1.98 bits per heavy atom. The zero-order chi connectivity index (χ0) is 27.8. The van der Waals surface area contributed by atoms with Gasteiger partial charge in [-0.15, -0.1) is 11.3 Å². The number of anilines is 3. The highest BCUT2D eigenvalue weighted by Crippen LogP contribution is 2.46. The molecule has 40 heavy (non-hydrogen) atoms. The summed E-state index contributed by atoms with van der Waals surface area (Å²) in [5, 5.41) is 10.2. The van der Waals surface area contributed by atoms with E-state index in [-0.39, 0.29) is 24.1 Å². The Kier molecular flexibility index (Phi) is 7.03. The molecule has 206 valence electrons. The van der Waals surface area contributed by atoms with Crippen LogP contribution in [0.2, 0.25) is 0 Å². The van der Waals surface area contributed by atoms with Crippen LogP contribution < -0.4 is 30.3 Å². The summed E-state index contributed by atoms with van der Waals surface area (Å²) < 4.78 is 12.0. The number of nitrogens with one attached hydrogen (secondary N) is 3. The Morgan fingerprint density at radius 3 is 2.73 bits per heavy atom. The van der Waals surface area contributed by atoms with E-state index in [4.69, 9.17) is 9.47 Å². The predicted octanol–water partition coefficient (Wildman–Crippen LogP) is 6.35. The molecule has 0 spiro atoms. The first-order valence-electron chi connectivity index (χ1n) is 13.5. The van der Waals surface area contributed by atoms with Crippen LogP contribution in [0.3, 0.4) is 0 Å². The molecule has 1 saturated heterocycles. The third kappa shape index (κ3) is 4.96. The predicted molar refractivity (Wildman–Crippen MR) is 158 cm³/mol. The second kappa shape index (κ2) is 10.8. The summed E-state index contributed by atoms with van der Waals surface area (Å²) in [4.78, 5) is 34.1. The smallest absolute Gasteiger partial charge is 0.331 e. The summed E-state index contributed by atoms with van der Waals surface area (Å²) >= 11 is 1.30. The number of para-hydroxylation sites is 2. The Labute approximate surface area is 236 Å². The van der Waals surface area contributed by atoms with Crippen LogP contribution in [0.5, 0.6) is 17.2 Å². The van der Waals surface area contributed by atoms with E-state index >= 15 is 0 Å². The molecule has 2 aromatic carbocycles. The second-order valence-corrected chi connectivity index (χ2v) is 11.3. The number of aromatic nitrogens is 1. The standard InChI is InChI=1S/C30H31N5O4S/c1-17(2)38-23-8-4-5-9-24(23)39-20-10-11-21(18(3)15-20)35-22-12-14-32-29-25(22)26(34-30(35)37)27(40-29)28(36)33-19-7-6-13-31-16-19/h4-5,8-12,14-15,17,19,31H,6-7,13,16H2,1-3H3,(H,33,36)(H,34,37). The molecule has 3 N–H and O–H groups in total. The number of rotatable bonds is 7. The molecule has 0 radical (unpaired) electrons. The molecule has 2 aliphatic heterocycles. The van der Waals surface area contributed by atoms with E-state index in [1.54, 1.807) is 11.1 Å². The minimum atomic E-state index is -0.334. The van der Waals surface area contributed by atoms with Gasteiger partial charge in [0.05, 0.1) is 28.6 Å². The first-order chi connectivity index (χ1) is 19.4. The van der Waals surface area contributed by atoms with Crippen molar-refractivity contribution < 1.29 is 19.1 Å². The normalized spacial score (nSPS) is 16.6. The number of amides is 3. The fourth-order valence-corrected chi connectivity index (χ4v) is 6.19. The average molecular weight is 558 g/mol. The van der Waals surface area contributed by atoms with Gasteiger partial charge in [-0.05, 0) is 82.1 Å². The Bertz CT molecular complexity index is 1590. The molecule has 1 atom stereocenters. The van der Waals surface area contributed by atoms with Gasteiger partial charge in [0, 0.05) is 18.8 Å². The molecule has 2 aromatic heterocycles. The van der Waals surface area contributed by atoms with Crippen molar-refractivity contribution in [1.82, 2.24) is 15.6 Å². The summed E-state index contributed by atoms with van der Waals surface area (Å²) in [5.74, 6) is 1.72. The van der Waals surface area contributed by atoms with Crippen molar-refractivity contribution >= 4 is 50.6 Å². The molecule has 4 heterocycles. The van der Waals surface area contributed by atoms with Crippen LogP contribution >= 0.6 is 11.3 Å². The largest absolute Gasteiger partial charge is 0.487 e. The minimum absolute atomic E-state index is 0.0153. The van der Waals surface area contributed by atoms with Gasteiger partial charge in [-0.3, -0.25) is 9.69 Å². The number of ether oxygens (including phenoxy) is 2. The molecule has 1 fully saturated rings. The quantitative estimate of drug-likeness (QED) is 0.245. The molecule has 2 aliphatic rings. The van der Waals surface area contributed by atoms with Crippen LogP contribution in [0.25, 0.3) is 10.2 Å². The van der Waals surface area contributed by atoms with Gasteiger partial charge < -0.3 is 25.4 Å². The number of aryl methyl sites for hydroxylation is 1. The highest BCUT2D eigenvalue weighted by atomic mass is 32.1. The SMILES string of the molecule is Cc1cc(Oc2ccccc2OC(C)C)ccc1N1C(=O)Nc2c(C(=O)NC3CCCNC3)sc3nccc1c23. The van der Waals surface area contributed by atoms with Crippen molar-refractivity contribution in [2.45, 2.75) is 45.8 Å². The molecule has 0 bridgehead atoms. The maximum atomic E-state index is 13.5. The van der Waals surface area contributed by atoms with E-state index in [9.17, 15) is 9.59 Å². The van der Waals surface area contributed by atoms with Crippen LogP contribution in [0.4, 0.5) is 21.9 Å². The lowest BCUT2D eigenvalue weighted by Gasteiger charge is -2.30. The van der Waals surface area contributed by atoms with Gasteiger partial charge in [0.15, 0.2) is 11.5 Å². The Balaban J connectivity index is 1.31. The van der Waals surface area contributed by atoms with E-state index in [1.165, 1.54) is 11.3 Å². The number of carbonyl (C=O) groups is 2. The second-order valence-electron chi connectivity index (χ2n) is 10.3. The highest BCUT2D eigenvalue weighted by molar-refractivity contribution is 7.21. The number of hydrogen-bond donors (Lipinski definition) is 3. The van der Waals surface area contributed by atoms with Crippen molar-refractivity contribution in [1.29, 1.82) is 0 Å². The number of benzene rings is 2. The number of carbonyl (C=O) groups excluding carboxylic acids is 2. The monoisotopic (exact) mass is 557 g/mol. The molecule has 9 nitrogen and oxygen atoms in total. The number of urea groups is 1. The lowest BCUT2D eigenvalue weighted by Crippen LogP contribution is -2.45. The lowest BCUT2D eigenvalue weighted by molar-refractivity contribution is 0.0935. The average Bonchev–Trinajstić information content (AvgIpc) is 3.30. The van der Waals surface area contributed by atoms with E-state index in [1.807, 2.05) is 69.3 Å². The molecule has 10 heteroatoms. The topological polar surface area (TPSA) is 105 Å². The van der Waals surface area contributed by atoms with E-state index in [2.05, 4.69) is 20.9 Å². The van der Waals surface area contributed by atoms with E-state index < -0.39 is 0 Å². The lowest BCUT2D eigenvalue weighted by atomic mass is 10.1. The number of pyridine rings is 1. The van der Waals surface area contributed by atoms with Crippen LogP contribution in [-0.4, -0.2) is 42.2 Å². The third-order valence-corrected chi connectivity index (χ3v) is 8.03. The van der Waals surface area contributed by atoms with Crippen molar-refractivity contribution in [2.24, 2.45) is 0 Å². The maximum absolute atomic E-state index is 13.5. The number of piperidine rings is 1. The molecular formula is C30H31N5O4S.